The quantitative estimate of drug-likeness (QED) is 0.542. The molecule has 0 bridgehead atoms. The van der Waals surface area contributed by atoms with Crippen LogP contribution >= 0.6 is 0 Å². The minimum Gasteiger partial charge on any atom is -0.370 e. The van der Waals surface area contributed by atoms with Crippen molar-refractivity contribution < 1.29 is 0 Å². The number of hydrogen-bond donors (Lipinski definition) is 1. The van der Waals surface area contributed by atoms with Crippen LogP contribution in [0.3, 0.4) is 0 Å². The highest BCUT2D eigenvalue weighted by Crippen LogP contribution is 2.29. The minimum atomic E-state index is 0.488. The van der Waals surface area contributed by atoms with E-state index in [1.807, 2.05) is 0 Å². The van der Waals surface area contributed by atoms with Crippen LogP contribution in [0.2, 0.25) is 0 Å². The van der Waals surface area contributed by atoms with E-state index in [9.17, 15) is 0 Å². The van der Waals surface area contributed by atoms with Gasteiger partial charge in [-0.05, 0) is 24.7 Å². The molecule has 1 heterocycles. The van der Waals surface area contributed by atoms with Crippen molar-refractivity contribution in [2.75, 3.05) is 19.6 Å². The molecule has 0 unspecified atom stereocenters. The Labute approximate surface area is 87.4 Å². The van der Waals surface area contributed by atoms with E-state index < -0.39 is 0 Å². The van der Waals surface area contributed by atoms with Gasteiger partial charge in [-0.25, -0.2) is 0 Å². The molecule has 0 saturated carbocycles. The summed E-state index contributed by atoms with van der Waals surface area (Å²) in [5.74, 6) is 0.738. The van der Waals surface area contributed by atoms with Gasteiger partial charge in [0.1, 0.15) is 0 Å². The first-order valence-electron chi connectivity index (χ1n) is 5.60. The predicted molar refractivity (Wildman–Crippen MR) is 61.4 cm³/mol. The molecule has 0 aliphatic carbocycles. The van der Waals surface area contributed by atoms with Gasteiger partial charge in [0.05, 0.1) is 0 Å². The Morgan fingerprint density at radius 1 is 1.36 bits per heavy atom. The average Bonchev–Trinajstić information content (AvgIpc) is 2.14. The lowest BCUT2D eigenvalue weighted by molar-refractivity contribution is 0.187. The first-order valence-corrected chi connectivity index (χ1v) is 5.60. The summed E-state index contributed by atoms with van der Waals surface area (Å²) < 4.78 is 0. The summed E-state index contributed by atoms with van der Waals surface area (Å²) in [6.45, 7) is 9.74. The Morgan fingerprint density at radius 3 is 2.43 bits per heavy atom. The van der Waals surface area contributed by atoms with Gasteiger partial charge in [0.25, 0.3) is 0 Å². The number of nitrogens with zero attached hydrogens (tertiary/aromatic N) is 2. The van der Waals surface area contributed by atoms with Crippen LogP contribution in [-0.4, -0.2) is 30.5 Å². The zero-order valence-electron chi connectivity index (χ0n) is 9.71. The number of aliphatic imine (C=N–C) groups is 1. The number of guanidine groups is 1. The van der Waals surface area contributed by atoms with Crippen LogP contribution in [0.25, 0.3) is 0 Å². The number of rotatable bonds is 2. The van der Waals surface area contributed by atoms with Crippen LogP contribution in [0.5, 0.6) is 0 Å². The van der Waals surface area contributed by atoms with Crippen molar-refractivity contribution in [1.82, 2.24) is 4.90 Å². The maximum atomic E-state index is 5.90. The Morgan fingerprint density at radius 2 is 1.93 bits per heavy atom. The fourth-order valence-corrected chi connectivity index (χ4v) is 1.67. The zero-order valence-corrected chi connectivity index (χ0v) is 9.71. The van der Waals surface area contributed by atoms with Crippen molar-refractivity contribution in [2.45, 2.75) is 40.0 Å². The van der Waals surface area contributed by atoms with E-state index >= 15 is 0 Å². The molecule has 1 rings (SSSR count). The summed E-state index contributed by atoms with van der Waals surface area (Å²) in [5, 5.41) is 0. The van der Waals surface area contributed by atoms with Crippen molar-refractivity contribution in [3.05, 3.63) is 0 Å². The topological polar surface area (TPSA) is 41.6 Å². The van der Waals surface area contributed by atoms with E-state index in [0.29, 0.717) is 5.41 Å². The number of likely N-dealkylation sites (tertiary alicyclic amines) is 1. The molecule has 82 valence electrons. The Balaban J connectivity index is 2.41. The third-order valence-corrected chi connectivity index (χ3v) is 2.94. The van der Waals surface area contributed by atoms with Gasteiger partial charge in [-0.3, -0.25) is 4.99 Å². The Bertz CT molecular complexity index is 199. The fraction of sp³-hybridized carbons (Fsp3) is 0.909. The highest BCUT2D eigenvalue weighted by atomic mass is 15.3. The molecule has 1 fully saturated rings. The van der Waals surface area contributed by atoms with Crippen molar-refractivity contribution >= 4 is 5.96 Å². The number of nitrogens with two attached hydrogens (primary N) is 1. The van der Waals surface area contributed by atoms with Crippen LogP contribution < -0.4 is 5.73 Å². The summed E-state index contributed by atoms with van der Waals surface area (Å²) in [6, 6.07) is 0. The molecule has 2 N–H and O–H groups in total. The number of piperidine rings is 1. The molecule has 14 heavy (non-hydrogen) atoms. The second kappa shape index (κ2) is 4.67. The lowest BCUT2D eigenvalue weighted by Crippen LogP contribution is -2.44. The largest absolute Gasteiger partial charge is 0.370 e. The molecule has 1 aliphatic heterocycles. The fourth-order valence-electron chi connectivity index (χ4n) is 1.67. The molecule has 0 radical (unpaired) electrons. The van der Waals surface area contributed by atoms with Gasteiger partial charge in [-0.15, -0.1) is 0 Å². The molecular weight excluding hydrogens is 174 g/mol. The summed E-state index contributed by atoms with van der Waals surface area (Å²) in [7, 11) is 0. The van der Waals surface area contributed by atoms with Gasteiger partial charge in [0.2, 0.25) is 0 Å². The van der Waals surface area contributed by atoms with Crippen LogP contribution in [0.15, 0.2) is 4.99 Å². The molecule has 0 spiro atoms. The van der Waals surface area contributed by atoms with Gasteiger partial charge in [-0.1, -0.05) is 20.8 Å². The van der Waals surface area contributed by atoms with Gasteiger partial charge in [0.15, 0.2) is 5.96 Å². The summed E-state index contributed by atoms with van der Waals surface area (Å²) in [4.78, 5) is 6.54. The minimum absolute atomic E-state index is 0.488. The van der Waals surface area contributed by atoms with Crippen LogP contribution in [0.4, 0.5) is 0 Å². The molecule has 0 aromatic rings. The SMILES string of the molecule is CCCN=C(N)N1CCC(C)(C)CC1. The maximum Gasteiger partial charge on any atom is 0.191 e. The lowest BCUT2D eigenvalue weighted by Gasteiger charge is -2.37. The molecule has 0 aromatic heterocycles. The van der Waals surface area contributed by atoms with Gasteiger partial charge < -0.3 is 10.6 Å². The van der Waals surface area contributed by atoms with Crippen molar-refractivity contribution in [3.63, 3.8) is 0 Å². The van der Waals surface area contributed by atoms with E-state index in [1.54, 1.807) is 0 Å². The highest BCUT2D eigenvalue weighted by molar-refractivity contribution is 5.78. The lowest BCUT2D eigenvalue weighted by atomic mass is 9.83. The van der Waals surface area contributed by atoms with Crippen molar-refractivity contribution in [1.29, 1.82) is 0 Å². The molecule has 3 heteroatoms. The molecule has 0 atom stereocenters. The van der Waals surface area contributed by atoms with Gasteiger partial charge >= 0.3 is 0 Å². The third kappa shape index (κ3) is 3.20. The third-order valence-electron chi connectivity index (χ3n) is 2.94. The average molecular weight is 197 g/mol. The molecular formula is C11H23N3. The van der Waals surface area contributed by atoms with Crippen molar-refractivity contribution in [2.24, 2.45) is 16.1 Å². The van der Waals surface area contributed by atoms with E-state index in [2.05, 4.69) is 30.7 Å². The molecule has 3 nitrogen and oxygen atoms in total. The Kier molecular flexibility index (Phi) is 3.78. The first kappa shape index (κ1) is 11.3. The summed E-state index contributed by atoms with van der Waals surface area (Å²) in [6.07, 6.45) is 3.50. The van der Waals surface area contributed by atoms with Crippen molar-refractivity contribution in [3.8, 4) is 0 Å². The summed E-state index contributed by atoms with van der Waals surface area (Å²) in [5.41, 5.74) is 6.39. The first-order chi connectivity index (χ1) is 6.55. The molecule has 0 aromatic carbocycles. The number of hydrogen-bond acceptors (Lipinski definition) is 1. The summed E-state index contributed by atoms with van der Waals surface area (Å²) >= 11 is 0. The second-order valence-electron chi connectivity index (χ2n) is 4.89. The second-order valence-corrected chi connectivity index (χ2v) is 4.89. The molecule has 1 saturated heterocycles. The molecule has 0 amide bonds. The monoisotopic (exact) mass is 197 g/mol. The van der Waals surface area contributed by atoms with Crippen LogP contribution in [-0.2, 0) is 0 Å². The maximum absolute atomic E-state index is 5.90. The van der Waals surface area contributed by atoms with Gasteiger partial charge in [-0.2, -0.15) is 0 Å². The van der Waals surface area contributed by atoms with Gasteiger partial charge in [0, 0.05) is 19.6 Å². The smallest absolute Gasteiger partial charge is 0.191 e. The van der Waals surface area contributed by atoms with E-state index in [1.165, 1.54) is 12.8 Å². The van der Waals surface area contributed by atoms with E-state index in [-0.39, 0.29) is 0 Å². The normalized spacial score (nSPS) is 22.5. The highest BCUT2D eigenvalue weighted by Gasteiger charge is 2.25. The standard InChI is InChI=1S/C11H23N3/c1-4-7-13-10(12)14-8-5-11(2,3)6-9-14/h4-9H2,1-3H3,(H2,12,13). The van der Waals surface area contributed by atoms with E-state index in [0.717, 1.165) is 32.0 Å². The molecule has 1 aliphatic rings. The Hall–Kier alpha value is -0.730. The van der Waals surface area contributed by atoms with Crippen LogP contribution in [0, 0.1) is 5.41 Å². The predicted octanol–water partition coefficient (Wildman–Crippen LogP) is 1.83. The zero-order chi connectivity index (χ0) is 10.6. The van der Waals surface area contributed by atoms with Crippen LogP contribution in [0.1, 0.15) is 40.0 Å². The van der Waals surface area contributed by atoms with E-state index in [4.69, 9.17) is 5.73 Å².